The number of nitrogens with zero attached hydrogens (tertiary/aromatic N) is 2. The number of benzene rings is 1. The molecule has 0 spiro atoms. The van der Waals surface area contributed by atoms with Crippen molar-refractivity contribution in [2.45, 2.75) is 50.8 Å². The van der Waals surface area contributed by atoms with E-state index in [1.807, 2.05) is 12.5 Å². The van der Waals surface area contributed by atoms with E-state index in [1.165, 1.54) is 43.4 Å². The van der Waals surface area contributed by atoms with E-state index in [0.717, 1.165) is 11.8 Å². The molecule has 0 aliphatic rings. The second-order valence-corrected chi connectivity index (χ2v) is 6.89. The zero-order chi connectivity index (χ0) is 14.8. The van der Waals surface area contributed by atoms with Crippen LogP contribution in [0.1, 0.15) is 38.2 Å². The van der Waals surface area contributed by atoms with Crippen LogP contribution in [0.25, 0.3) is 0 Å². The Morgan fingerprint density at radius 3 is 2.76 bits per heavy atom. The molecule has 0 aliphatic heterocycles. The fraction of sp³-hybridized carbons (Fsp3) is 0.500. The van der Waals surface area contributed by atoms with Gasteiger partial charge in [-0.15, -0.1) is 0 Å². The summed E-state index contributed by atoms with van der Waals surface area (Å²) in [6.45, 7) is 3.35. The summed E-state index contributed by atoms with van der Waals surface area (Å²) in [5.74, 6) is 1.29. The molecule has 114 valence electrons. The van der Waals surface area contributed by atoms with E-state index < -0.39 is 0 Å². The van der Waals surface area contributed by atoms with Crippen LogP contribution < -0.4 is 0 Å². The highest BCUT2D eigenvalue weighted by molar-refractivity contribution is 7.99. The highest BCUT2D eigenvalue weighted by Crippen LogP contribution is 2.22. The molecule has 0 amide bonds. The van der Waals surface area contributed by atoms with E-state index in [-0.39, 0.29) is 0 Å². The fourth-order valence-electron chi connectivity index (χ4n) is 2.44. The molecule has 1 aromatic carbocycles. The molecule has 0 saturated heterocycles. The minimum atomic E-state index is 0.738. The third-order valence-corrected chi connectivity index (χ3v) is 5.06. The van der Waals surface area contributed by atoms with Crippen LogP contribution in [0, 0.1) is 0 Å². The maximum Gasteiger partial charge on any atom is 0.0945 e. The molecular weight excluding hydrogens is 276 g/mol. The molecule has 0 radical (unpaired) electrons. The number of aromatic nitrogens is 2. The molecule has 0 aliphatic carbocycles. The van der Waals surface area contributed by atoms with Crippen LogP contribution in [0.3, 0.4) is 0 Å². The van der Waals surface area contributed by atoms with Crippen molar-refractivity contribution >= 4 is 11.8 Å². The van der Waals surface area contributed by atoms with Gasteiger partial charge in [-0.05, 0) is 37.0 Å². The number of hydrogen-bond acceptors (Lipinski definition) is 2. The summed E-state index contributed by atoms with van der Waals surface area (Å²) >= 11 is 2.15. The van der Waals surface area contributed by atoms with Gasteiger partial charge in [0.05, 0.1) is 6.33 Å². The Balaban J connectivity index is 1.79. The monoisotopic (exact) mass is 302 g/mol. The third-order valence-electron chi connectivity index (χ3n) is 3.66. The average Bonchev–Trinajstić information content (AvgIpc) is 3.02. The van der Waals surface area contributed by atoms with Gasteiger partial charge in [-0.25, -0.2) is 4.98 Å². The summed E-state index contributed by atoms with van der Waals surface area (Å²) in [6.07, 6.45) is 12.1. The van der Waals surface area contributed by atoms with Gasteiger partial charge in [0.25, 0.3) is 0 Å². The molecule has 1 aromatic heterocycles. The lowest BCUT2D eigenvalue weighted by Gasteiger charge is -2.17. The number of aryl methyl sites for hydroxylation is 1. The SMILES string of the molecule is CCCCSC(CCCn1ccnc1)Cc1ccccc1. The zero-order valence-corrected chi connectivity index (χ0v) is 13.8. The molecular formula is C18H26N2S. The van der Waals surface area contributed by atoms with Crippen molar-refractivity contribution in [2.24, 2.45) is 0 Å². The lowest BCUT2D eigenvalue weighted by molar-refractivity contribution is 0.594. The van der Waals surface area contributed by atoms with Gasteiger partial charge >= 0.3 is 0 Å². The maximum atomic E-state index is 4.11. The molecule has 2 aromatic rings. The van der Waals surface area contributed by atoms with Crippen molar-refractivity contribution in [1.82, 2.24) is 9.55 Å². The maximum absolute atomic E-state index is 4.11. The fourth-order valence-corrected chi connectivity index (χ4v) is 3.87. The zero-order valence-electron chi connectivity index (χ0n) is 12.9. The predicted molar refractivity (Wildman–Crippen MR) is 92.8 cm³/mol. The van der Waals surface area contributed by atoms with Gasteiger partial charge in [-0.2, -0.15) is 11.8 Å². The summed E-state index contributed by atoms with van der Waals surface area (Å²) in [6, 6.07) is 10.9. The van der Waals surface area contributed by atoms with Crippen LogP contribution in [0.15, 0.2) is 49.1 Å². The summed E-state index contributed by atoms with van der Waals surface area (Å²) in [5.41, 5.74) is 1.47. The first kappa shape index (κ1) is 16.2. The normalized spacial score (nSPS) is 12.4. The van der Waals surface area contributed by atoms with Crippen molar-refractivity contribution < 1.29 is 0 Å². The number of hydrogen-bond donors (Lipinski definition) is 0. The highest BCUT2D eigenvalue weighted by atomic mass is 32.2. The Bertz CT molecular complexity index is 467. The summed E-state index contributed by atoms with van der Waals surface area (Å²) < 4.78 is 2.18. The average molecular weight is 302 g/mol. The largest absolute Gasteiger partial charge is 0.337 e. The van der Waals surface area contributed by atoms with Crippen molar-refractivity contribution in [3.05, 3.63) is 54.6 Å². The summed E-state index contributed by atoms with van der Waals surface area (Å²) in [7, 11) is 0. The molecule has 0 bridgehead atoms. The van der Waals surface area contributed by atoms with Crippen LogP contribution in [0.5, 0.6) is 0 Å². The first-order chi connectivity index (χ1) is 10.4. The van der Waals surface area contributed by atoms with Crippen LogP contribution in [0.2, 0.25) is 0 Å². The van der Waals surface area contributed by atoms with Gasteiger partial charge in [0.15, 0.2) is 0 Å². The van der Waals surface area contributed by atoms with Crippen molar-refractivity contribution in [3.8, 4) is 0 Å². The topological polar surface area (TPSA) is 17.8 Å². The molecule has 3 heteroatoms. The van der Waals surface area contributed by atoms with E-state index in [1.54, 1.807) is 0 Å². The standard InChI is InChI=1S/C18H26N2S/c1-2-3-14-21-18(15-17-8-5-4-6-9-17)10-7-12-20-13-11-19-16-20/h4-6,8-9,11,13,16,18H,2-3,7,10,12,14-15H2,1H3. The third kappa shape index (κ3) is 6.38. The molecule has 0 fully saturated rings. The number of thioether (sulfide) groups is 1. The highest BCUT2D eigenvalue weighted by Gasteiger charge is 2.10. The van der Waals surface area contributed by atoms with E-state index >= 15 is 0 Å². The minimum absolute atomic E-state index is 0.738. The Labute approximate surface area is 133 Å². The van der Waals surface area contributed by atoms with Crippen LogP contribution in [0.4, 0.5) is 0 Å². The Morgan fingerprint density at radius 2 is 2.05 bits per heavy atom. The van der Waals surface area contributed by atoms with E-state index in [4.69, 9.17) is 0 Å². The smallest absolute Gasteiger partial charge is 0.0945 e. The van der Waals surface area contributed by atoms with Gasteiger partial charge in [0, 0.05) is 24.2 Å². The van der Waals surface area contributed by atoms with Crippen molar-refractivity contribution in [2.75, 3.05) is 5.75 Å². The van der Waals surface area contributed by atoms with Gasteiger partial charge in [0.1, 0.15) is 0 Å². The predicted octanol–water partition coefficient (Wildman–Crippen LogP) is 4.81. The molecule has 21 heavy (non-hydrogen) atoms. The second-order valence-electron chi connectivity index (χ2n) is 5.48. The molecule has 2 nitrogen and oxygen atoms in total. The van der Waals surface area contributed by atoms with Gasteiger partial charge < -0.3 is 4.57 Å². The van der Waals surface area contributed by atoms with Gasteiger partial charge in [-0.1, -0.05) is 43.7 Å². The Hall–Kier alpha value is -1.22. The van der Waals surface area contributed by atoms with Crippen LogP contribution in [-0.4, -0.2) is 20.6 Å². The number of rotatable bonds is 10. The molecule has 1 heterocycles. The van der Waals surface area contributed by atoms with E-state index in [9.17, 15) is 0 Å². The molecule has 0 N–H and O–H groups in total. The number of unbranched alkanes of at least 4 members (excludes halogenated alkanes) is 1. The minimum Gasteiger partial charge on any atom is -0.337 e. The first-order valence-electron chi connectivity index (χ1n) is 7.99. The first-order valence-corrected chi connectivity index (χ1v) is 9.04. The molecule has 1 atom stereocenters. The lowest BCUT2D eigenvalue weighted by atomic mass is 10.1. The molecule has 1 unspecified atom stereocenters. The van der Waals surface area contributed by atoms with E-state index in [2.05, 4.69) is 64.8 Å². The molecule has 0 saturated carbocycles. The Kier molecular flexibility index (Phi) is 7.44. The van der Waals surface area contributed by atoms with Crippen LogP contribution >= 0.6 is 11.8 Å². The number of imidazole rings is 1. The quantitative estimate of drug-likeness (QED) is 0.586. The van der Waals surface area contributed by atoms with E-state index in [0.29, 0.717) is 0 Å². The molecule has 2 rings (SSSR count). The summed E-state index contributed by atoms with van der Waals surface area (Å²) in [4.78, 5) is 4.11. The summed E-state index contributed by atoms with van der Waals surface area (Å²) in [5, 5.41) is 0.738. The van der Waals surface area contributed by atoms with Crippen LogP contribution in [-0.2, 0) is 13.0 Å². The Morgan fingerprint density at radius 1 is 1.19 bits per heavy atom. The van der Waals surface area contributed by atoms with Gasteiger partial charge in [-0.3, -0.25) is 0 Å². The van der Waals surface area contributed by atoms with Gasteiger partial charge in [0.2, 0.25) is 0 Å². The lowest BCUT2D eigenvalue weighted by Crippen LogP contribution is -2.10. The van der Waals surface area contributed by atoms with Crippen molar-refractivity contribution in [3.63, 3.8) is 0 Å². The second kappa shape index (κ2) is 9.67. The van der Waals surface area contributed by atoms with Crippen molar-refractivity contribution in [1.29, 1.82) is 0 Å².